The topological polar surface area (TPSA) is 103 Å². The molecule has 2 aromatic rings. The summed E-state index contributed by atoms with van der Waals surface area (Å²) in [7, 11) is 2.10. The summed E-state index contributed by atoms with van der Waals surface area (Å²) in [5.41, 5.74) is -5.38. The summed E-state index contributed by atoms with van der Waals surface area (Å²) in [6.07, 6.45) is -5.39. The van der Waals surface area contributed by atoms with Crippen molar-refractivity contribution in [1.82, 2.24) is 14.0 Å². The van der Waals surface area contributed by atoms with Crippen LogP contribution in [0.15, 0.2) is 32.8 Å². The zero-order valence-corrected chi connectivity index (χ0v) is 20.0. The third kappa shape index (κ3) is 5.46. The van der Waals surface area contributed by atoms with E-state index in [0.717, 1.165) is 29.8 Å². The van der Waals surface area contributed by atoms with E-state index in [1.807, 2.05) is 0 Å². The zero-order chi connectivity index (χ0) is 26.9. The van der Waals surface area contributed by atoms with Crippen LogP contribution in [-0.2, 0) is 27.5 Å². The summed E-state index contributed by atoms with van der Waals surface area (Å²) in [6.45, 7) is -1.35. The highest BCUT2D eigenvalue weighted by Gasteiger charge is 2.38. The molecule has 1 atom stereocenters. The molecule has 1 amide bonds. The number of ether oxygens (including phenoxy) is 1. The molecule has 2 heterocycles. The molecule has 1 aromatic carbocycles. The number of amidine groups is 1. The smallest absolute Gasteiger partial charge is 0.431 e. The molecule has 36 heavy (non-hydrogen) atoms. The van der Waals surface area contributed by atoms with Gasteiger partial charge in [0.2, 0.25) is 5.91 Å². The summed E-state index contributed by atoms with van der Waals surface area (Å²) in [4.78, 5) is 54.3. The molecule has 1 aromatic heterocycles. The Hall–Kier alpha value is -3.20. The molecule has 0 aliphatic carbocycles. The number of halogens is 6. The van der Waals surface area contributed by atoms with Crippen LogP contribution in [-0.4, -0.2) is 56.7 Å². The highest BCUT2D eigenvalue weighted by molar-refractivity contribution is 8.15. The summed E-state index contributed by atoms with van der Waals surface area (Å²) in [5, 5.41) is -1.24. The summed E-state index contributed by atoms with van der Waals surface area (Å²) >= 11 is 6.87. The van der Waals surface area contributed by atoms with E-state index in [1.54, 1.807) is 0 Å². The van der Waals surface area contributed by atoms with Crippen molar-refractivity contribution in [3.05, 3.63) is 55.6 Å². The van der Waals surface area contributed by atoms with Gasteiger partial charge in [0.05, 0.1) is 22.8 Å². The number of carbonyl (C=O) groups is 2. The van der Waals surface area contributed by atoms with E-state index < -0.39 is 65.0 Å². The number of thioether (sulfide) groups is 1. The number of esters is 1. The van der Waals surface area contributed by atoms with Crippen molar-refractivity contribution < 1.29 is 36.3 Å². The molecule has 1 aliphatic heterocycles. The Morgan fingerprint density at radius 1 is 1.19 bits per heavy atom. The number of aromatic nitrogens is 2. The normalized spacial score (nSPS) is 17.2. The monoisotopic (exact) mass is 554 g/mol. The number of hydrogen-bond donors (Lipinski definition) is 0. The lowest BCUT2D eigenvalue weighted by molar-refractivity contribution is -0.145. The van der Waals surface area contributed by atoms with Gasteiger partial charge in [-0.2, -0.15) is 13.2 Å². The average Bonchev–Trinajstić information content (AvgIpc) is 3.04. The van der Waals surface area contributed by atoms with Crippen molar-refractivity contribution in [2.45, 2.75) is 17.8 Å². The van der Waals surface area contributed by atoms with Crippen molar-refractivity contribution >= 4 is 46.1 Å². The van der Waals surface area contributed by atoms with Gasteiger partial charge in [-0.25, -0.2) is 23.1 Å². The largest absolute Gasteiger partial charge is 0.463 e. The predicted molar refractivity (Wildman–Crippen MR) is 120 cm³/mol. The Bertz CT molecular complexity index is 1370. The highest BCUT2D eigenvalue weighted by Crippen LogP contribution is 2.35. The van der Waals surface area contributed by atoms with Crippen molar-refractivity contribution in [3.63, 3.8) is 0 Å². The number of nitrogens with zero attached hydrogens (tertiary/aromatic N) is 4. The molecule has 1 saturated heterocycles. The van der Waals surface area contributed by atoms with Crippen molar-refractivity contribution in [3.8, 4) is 5.69 Å². The van der Waals surface area contributed by atoms with Gasteiger partial charge < -0.3 is 4.74 Å². The lowest BCUT2D eigenvalue weighted by Gasteiger charge is -2.15. The Morgan fingerprint density at radius 3 is 2.47 bits per heavy atom. The van der Waals surface area contributed by atoms with Gasteiger partial charge in [-0.1, -0.05) is 23.4 Å². The molecule has 16 heteroatoms. The van der Waals surface area contributed by atoms with Gasteiger partial charge in [-0.15, -0.1) is 0 Å². The molecule has 0 saturated carbocycles. The highest BCUT2D eigenvalue weighted by atomic mass is 35.5. The SMILES string of the molecule is CN1C(=O)C(CC(=O)OCCF)S/C1=N\c1cc(-n2c(=O)cc(C(F)(F)F)n(C)c2=O)c(F)cc1Cl. The molecule has 194 valence electrons. The summed E-state index contributed by atoms with van der Waals surface area (Å²) < 4.78 is 71.1. The maximum Gasteiger partial charge on any atom is 0.431 e. The minimum absolute atomic E-state index is 0.00965. The number of benzene rings is 1. The first-order chi connectivity index (χ1) is 16.8. The molecule has 0 N–H and O–H groups in total. The van der Waals surface area contributed by atoms with Crippen molar-refractivity contribution in [2.24, 2.45) is 12.0 Å². The standard InChI is InChI=1S/C20H16ClF5N4O5S/c1-28-14(20(24,25)26)8-15(31)30(19(28)34)12-6-11(9(21)5-10(12)23)27-18-29(2)17(33)13(36-18)7-16(32)35-4-3-22/h5-6,8,13H,3-4,7H2,1-2H3/b27-18-. The van der Waals surface area contributed by atoms with E-state index in [0.29, 0.717) is 6.07 Å². The lowest BCUT2D eigenvalue weighted by Crippen LogP contribution is -2.41. The average molecular weight is 555 g/mol. The third-order valence-corrected chi connectivity index (χ3v) is 6.45. The van der Waals surface area contributed by atoms with Crippen molar-refractivity contribution in [2.75, 3.05) is 20.3 Å². The van der Waals surface area contributed by atoms with Crippen LogP contribution in [0.5, 0.6) is 0 Å². The zero-order valence-electron chi connectivity index (χ0n) is 18.4. The molecule has 3 rings (SSSR count). The van der Waals surface area contributed by atoms with Gasteiger partial charge >= 0.3 is 17.8 Å². The van der Waals surface area contributed by atoms with E-state index in [2.05, 4.69) is 9.73 Å². The van der Waals surface area contributed by atoms with E-state index in [1.165, 1.54) is 7.05 Å². The van der Waals surface area contributed by atoms with E-state index in [-0.39, 0.29) is 37.5 Å². The molecular weight excluding hydrogens is 539 g/mol. The molecule has 1 unspecified atom stereocenters. The Labute approximate surface area is 208 Å². The van der Waals surface area contributed by atoms with E-state index in [4.69, 9.17) is 11.6 Å². The van der Waals surface area contributed by atoms with Gasteiger partial charge in [0.15, 0.2) is 5.17 Å². The molecule has 0 radical (unpaired) electrons. The first kappa shape index (κ1) is 27.4. The van der Waals surface area contributed by atoms with Crippen LogP contribution in [0.25, 0.3) is 5.69 Å². The number of amides is 1. The minimum Gasteiger partial charge on any atom is -0.463 e. The predicted octanol–water partition coefficient (Wildman–Crippen LogP) is 2.81. The van der Waals surface area contributed by atoms with Gasteiger partial charge in [-0.3, -0.25) is 23.9 Å². The number of carbonyl (C=O) groups excluding carboxylic acids is 2. The van der Waals surface area contributed by atoms with Crippen LogP contribution >= 0.6 is 23.4 Å². The van der Waals surface area contributed by atoms with E-state index in [9.17, 15) is 41.1 Å². The number of hydrogen-bond acceptors (Lipinski definition) is 7. The number of aliphatic imine (C=N–C) groups is 1. The number of alkyl halides is 4. The summed E-state index contributed by atoms with van der Waals surface area (Å²) in [5.74, 6) is -2.55. The fourth-order valence-electron chi connectivity index (χ4n) is 3.17. The number of rotatable bonds is 6. The molecule has 1 fully saturated rings. The van der Waals surface area contributed by atoms with Crippen LogP contribution in [0.4, 0.5) is 27.6 Å². The Morgan fingerprint density at radius 2 is 1.86 bits per heavy atom. The fraction of sp³-hybridized carbons (Fsp3) is 0.350. The van der Waals surface area contributed by atoms with Gasteiger partial charge in [0, 0.05) is 20.2 Å². The third-order valence-electron chi connectivity index (χ3n) is 4.92. The Kier molecular flexibility index (Phi) is 7.93. The van der Waals surface area contributed by atoms with Crippen LogP contribution in [0.3, 0.4) is 0 Å². The van der Waals surface area contributed by atoms with Crippen LogP contribution in [0.1, 0.15) is 12.1 Å². The lowest BCUT2D eigenvalue weighted by atomic mass is 10.2. The summed E-state index contributed by atoms with van der Waals surface area (Å²) in [6, 6.07) is 1.71. The van der Waals surface area contributed by atoms with Crippen LogP contribution in [0, 0.1) is 5.82 Å². The maximum absolute atomic E-state index is 14.7. The maximum atomic E-state index is 14.7. The van der Waals surface area contributed by atoms with Crippen LogP contribution in [0.2, 0.25) is 5.02 Å². The second kappa shape index (κ2) is 10.4. The van der Waals surface area contributed by atoms with Gasteiger partial charge in [0.1, 0.15) is 30.0 Å². The second-order valence-corrected chi connectivity index (χ2v) is 8.89. The molecule has 0 spiro atoms. The molecule has 0 bridgehead atoms. The first-order valence-corrected chi connectivity index (χ1v) is 11.2. The second-order valence-electron chi connectivity index (χ2n) is 7.31. The van der Waals surface area contributed by atoms with Crippen LogP contribution < -0.4 is 11.2 Å². The fourth-order valence-corrected chi connectivity index (χ4v) is 4.49. The molecule has 9 nitrogen and oxygen atoms in total. The van der Waals surface area contributed by atoms with Crippen molar-refractivity contribution in [1.29, 1.82) is 0 Å². The minimum atomic E-state index is -5.01. The molecular formula is C20H16ClF5N4O5S. The van der Waals surface area contributed by atoms with Gasteiger partial charge in [-0.05, 0) is 12.1 Å². The molecule has 1 aliphatic rings. The first-order valence-electron chi connectivity index (χ1n) is 9.90. The van der Waals surface area contributed by atoms with Gasteiger partial charge in [0.25, 0.3) is 5.56 Å². The quantitative estimate of drug-likeness (QED) is 0.402. The van der Waals surface area contributed by atoms with E-state index >= 15 is 0 Å². The Balaban J connectivity index is 2.03.